The molecule has 0 saturated carbocycles. The van der Waals surface area contributed by atoms with E-state index in [9.17, 15) is 18.0 Å². The summed E-state index contributed by atoms with van der Waals surface area (Å²) in [6.07, 6.45) is 1.67. The van der Waals surface area contributed by atoms with Crippen LogP contribution in [0.25, 0.3) is 16.9 Å². The highest BCUT2D eigenvalue weighted by atomic mass is 35.5. The highest BCUT2D eigenvalue weighted by Crippen LogP contribution is 2.36. The summed E-state index contributed by atoms with van der Waals surface area (Å²) in [5.74, 6) is 0.0417. The summed E-state index contributed by atoms with van der Waals surface area (Å²) in [4.78, 5) is 21.0. The minimum atomic E-state index is -4.62. The van der Waals surface area contributed by atoms with Crippen molar-refractivity contribution < 1.29 is 18.0 Å². The van der Waals surface area contributed by atoms with E-state index in [0.717, 1.165) is 13.0 Å². The Kier molecular flexibility index (Phi) is 5.62. The number of aromatic amines is 1. The van der Waals surface area contributed by atoms with Crippen molar-refractivity contribution in [3.63, 3.8) is 0 Å². The van der Waals surface area contributed by atoms with E-state index in [1.165, 1.54) is 29.2 Å². The molecule has 1 amide bonds. The number of halogens is 4. The molecule has 0 aliphatic carbocycles. The van der Waals surface area contributed by atoms with Gasteiger partial charge in [0.25, 0.3) is 5.91 Å². The van der Waals surface area contributed by atoms with E-state index in [-0.39, 0.29) is 28.2 Å². The zero-order valence-electron chi connectivity index (χ0n) is 17.4. The molecule has 0 bridgehead atoms. The average molecular weight is 491 g/mol. The fourth-order valence-electron chi connectivity index (χ4n) is 3.86. The van der Waals surface area contributed by atoms with Gasteiger partial charge in [-0.2, -0.15) is 18.3 Å². The van der Waals surface area contributed by atoms with Crippen LogP contribution in [0, 0.1) is 0 Å². The predicted molar refractivity (Wildman–Crippen MR) is 119 cm³/mol. The van der Waals surface area contributed by atoms with Crippen LogP contribution in [0.2, 0.25) is 5.02 Å². The number of hydrogen-bond acceptors (Lipinski definition) is 6. The van der Waals surface area contributed by atoms with Gasteiger partial charge >= 0.3 is 6.18 Å². The minimum absolute atomic E-state index is 0.0610. The Labute approximate surface area is 195 Å². The number of benzene rings is 1. The minimum Gasteiger partial charge on any atom is -0.348 e. The van der Waals surface area contributed by atoms with Crippen LogP contribution in [0.5, 0.6) is 0 Å². The Hall–Kier alpha value is -3.64. The van der Waals surface area contributed by atoms with E-state index in [1.807, 2.05) is 0 Å². The molecule has 1 fully saturated rings. The number of hydrogen-bond donors (Lipinski definition) is 4. The molecule has 1 atom stereocenters. The number of nitrogens with zero attached hydrogens (tertiary/aromatic N) is 4. The summed E-state index contributed by atoms with van der Waals surface area (Å²) in [5.41, 5.74) is 0.218. The summed E-state index contributed by atoms with van der Waals surface area (Å²) < 4.78 is 41.4. The molecule has 3 aromatic heterocycles. The quantitative estimate of drug-likeness (QED) is 0.340. The van der Waals surface area contributed by atoms with E-state index >= 15 is 0 Å². The molecule has 1 aliphatic heterocycles. The molecule has 4 N–H and O–H groups in total. The number of amides is 1. The smallest absolute Gasteiger partial charge is 0.348 e. The maximum atomic E-state index is 13.3. The van der Waals surface area contributed by atoms with Crippen molar-refractivity contribution in [2.24, 2.45) is 0 Å². The first kappa shape index (κ1) is 22.2. The van der Waals surface area contributed by atoms with Crippen LogP contribution in [0.4, 0.5) is 24.7 Å². The van der Waals surface area contributed by atoms with Gasteiger partial charge in [-0.1, -0.05) is 11.6 Å². The van der Waals surface area contributed by atoms with Crippen LogP contribution < -0.4 is 16.0 Å². The number of carbonyl (C=O) groups excluding carboxylic acids is 1. The SMILES string of the molecule is O=C(N[C@@H]1CCNC1)c1ccc(Nc2nccn3c(-c4c[nH]nc4C(F)(F)F)cnc23)cc1Cl. The third kappa shape index (κ3) is 4.17. The molecule has 5 rings (SSSR count). The fourth-order valence-corrected chi connectivity index (χ4v) is 4.13. The molecule has 0 spiro atoms. The van der Waals surface area contributed by atoms with Crippen LogP contribution >= 0.6 is 11.6 Å². The van der Waals surface area contributed by atoms with Gasteiger partial charge in [0, 0.05) is 36.9 Å². The van der Waals surface area contributed by atoms with E-state index in [1.54, 1.807) is 18.2 Å². The molecule has 4 heterocycles. The summed E-state index contributed by atoms with van der Waals surface area (Å²) >= 11 is 6.35. The number of carbonyl (C=O) groups is 1. The monoisotopic (exact) mass is 490 g/mol. The van der Waals surface area contributed by atoms with Gasteiger partial charge < -0.3 is 16.0 Å². The largest absolute Gasteiger partial charge is 0.435 e. The lowest BCUT2D eigenvalue weighted by Crippen LogP contribution is -2.36. The second-order valence-corrected chi connectivity index (χ2v) is 8.15. The van der Waals surface area contributed by atoms with E-state index in [2.05, 4.69) is 36.1 Å². The van der Waals surface area contributed by atoms with Gasteiger partial charge in [-0.25, -0.2) is 9.97 Å². The lowest BCUT2D eigenvalue weighted by atomic mass is 10.1. The summed E-state index contributed by atoms with van der Waals surface area (Å²) in [6, 6.07) is 4.91. The first-order valence-corrected chi connectivity index (χ1v) is 10.7. The van der Waals surface area contributed by atoms with E-state index in [4.69, 9.17) is 11.6 Å². The van der Waals surface area contributed by atoms with Gasteiger partial charge in [0.05, 0.1) is 28.0 Å². The standard InChI is InChI=1S/C21H18ClF3N8O/c22-15-7-11(1-2-13(15)20(34)31-12-3-4-26-8-12)30-18-19-28-10-16(33(19)6-5-27-18)14-9-29-32-17(14)21(23,24)25/h1-2,5-7,9-10,12,26H,3-4,8H2,(H,27,30)(H,29,32)(H,31,34)/t12-/m1/s1. The number of nitrogens with one attached hydrogen (secondary N) is 4. The molecular formula is C21H18ClF3N8O. The average Bonchev–Trinajstić information content (AvgIpc) is 3.54. The van der Waals surface area contributed by atoms with Gasteiger partial charge in [-0.05, 0) is 31.2 Å². The van der Waals surface area contributed by atoms with Gasteiger partial charge in [0.1, 0.15) is 0 Å². The summed E-state index contributed by atoms with van der Waals surface area (Å²) in [5, 5.41) is 15.0. The first-order valence-electron chi connectivity index (χ1n) is 10.3. The Balaban J connectivity index is 1.41. The van der Waals surface area contributed by atoms with Crippen molar-refractivity contribution in [2.45, 2.75) is 18.6 Å². The van der Waals surface area contributed by atoms with Gasteiger partial charge in [-0.15, -0.1) is 0 Å². The summed E-state index contributed by atoms with van der Waals surface area (Å²) in [7, 11) is 0. The van der Waals surface area contributed by atoms with Crippen LogP contribution in [0.15, 0.2) is 43.0 Å². The first-order chi connectivity index (χ1) is 16.3. The van der Waals surface area contributed by atoms with Crippen molar-refractivity contribution in [3.05, 3.63) is 59.3 Å². The Morgan fingerprint density at radius 3 is 2.85 bits per heavy atom. The highest BCUT2D eigenvalue weighted by Gasteiger charge is 2.37. The van der Waals surface area contributed by atoms with Crippen molar-refractivity contribution >= 4 is 34.7 Å². The van der Waals surface area contributed by atoms with Gasteiger partial charge in [-0.3, -0.25) is 14.3 Å². The number of aromatic nitrogens is 5. The molecular weight excluding hydrogens is 473 g/mol. The third-order valence-corrected chi connectivity index (χ3v) is 5.80. The number of rotatable bonds is 5. The molecule has 1 saturated heterocycles. The highest BCUT2D eigenvalue weighted by molar-refractivity contribution is 6.34. The molecule has 34 heavy (non-hydrogen) atoms. The number of anilines is 2. The van der Waals surface area contributed by atoms with Crippen LogP contribution in [0.3, 0.4) is 0 Å². The maximum absolute atomic E-state index is 13.3. The lowest BCUT2D eigenvalue weighted by Gasteiger charge is -2.13. The summed E-state index contributed by atoms with van der Waals surface area (Å²) in [6.45, 7) is 1.57. The molecule has 9 nitrogen and oxygen atoms in total. The molecule has 0 radical (unpaired) electrons. The van der Waals surface area contributed by atoms with Crippen molar-refractivity contribution in [2.75, 3.05) is 18.4 Å². The topological polar surface area (TPSA) is 112 Å². The number of fused-ring (bicyclic) bond motifs is 1. The van der Waals surface area contributed by atoms with Crippen LogP contribution in [-0.4, -0.2) is 49.6 Å². The number of alkyl halides is 3. The Morgan fingerprint density at radius 2 is 2.12 bits per heavy atom. The molecule has 13 heteroatoms. The second-order valence-electron chi connectivity index (χ2n) is 7.74. The Morgan fingerprint density at radius 1 is 1.26 bits per heavy atom. The second kappa shape index (κ2) is 8.61. The molecule has 4 aromatic rings. The molecule has 0 unspecified atom stereocenters. The van der Waals surface area contributed by atoms with Crippen LogP contribution in [0.1, 0.15) is 22.5 Å². The maximum Gasteiger partial charge on any atom is 0.435 e. The van der Waals surface area contributed by atoms with Crippen molar-refractivity contribution in [3.8, 4) is 11.3 Å². The zero-order chi connectivity index (χ0) is 23.9. The normalized spacial score (nSPS) is 16.2. The van der Waals surface area contributed by atoms with E-state index in [0.29, 0.717) is 29.3 Å². The van der Waals surface area contributed by atoms with Crippen LogP contribution in [-0.2, 0) is 6.18 Å². The van der Waals surface area contributed by atoms with Crippen molar-refractivity contribution in [1.82, 2.24) is 35.2 Å². The van der Waals surface area contributed by atoms with Gasteiger partial charge in [0.15, 0.2) is 17.2 Å². The van der Waals surface area contributed by atoms with E-state index < -0.39 is 11.9 Å². The number of H-pyrrole nitrogens is 1. The third-order valence-electron chi connectivity index (χ3n) is 5.48. The van der Waals surface area contributed by atoms with Crippen molar-refractivity contribution in [1.29, 1.82) is 0 Å². The predicted octanol–water partition coefficient (Wildman–Crippen LogP) is 3.63. The Bertz CT molecular complexity index is 1360. The molecule has 1 aromatic carbocycles. The molecule has 1 aliphatic rings. The molecule has 176 valence electrons. The lowest BCUT2D eigenvalue weighted by molar-refractivity contribution is -0.140. The zero-order valence-corrected chi connectivity index (χ0v) is 18.2. The fraction of sp³-hybridized carbons (Fsp3) is 0.238. The number of imidazole rings is 1. The van der Waals surface area contributed by atoms with Gasteiger partial charge in [0.2, 0.25) is 0 Å².